The average Bonchev–Trinajstić information content (AvgIpc) is 2.62. The number of carbonyl (C=O) groups excluding carboxylic acids is 2. The second-order valence-corrected chi connectivity index (χ2v) is 6.24. The quantitative estimate of drug-likeness (QED) is 0.722. The Balaban J connectivity index is 2.05. The Morgan fingerprint density at radius 1 is 1.17 bits per heavy atom. The van der Waals surface area contributed by atoms with E-state index in [1.54, 1.807) is 30.3 Å². The van der Waals surface area contributed by atoms with Gasteiger partial charge >= 0.3 is 5.97 Å². The molecule has 1 heterocycles. The topological polar surface area (TPSA) is 59.5 Å². The Labute approximate surface area is 146 Å². The lowest BCUT2D eigenvalue weighted by atomic mass is 10.2. The molecule has 2 rings (SSSR count). The molecule has 1 amide bonds. The summed E-state index contributed by atoms with van der Waals surface area (Å²) in [6.07, 6.45) is 2.54. The van der Waals surface area contributed by atoms with Crippen molar-refractivity contribution < 1.29 is 14.3 Å². The van der Waals surface area contributed by atoms with Crippen LogP contribution in [-0.2, 0) is 9.53 Å². The molecule has 0 saturated heterocycles. The predicted molar refractivity (Wildman–Crippen MR) is 93.0 cm³/mol. The minimum Gasteiger partial charge on any atom is -0.469 e. The number of aromatic nitrogens is 1. The molecule has 2 aromatic rings. The third-order valence-corrected chi connectivity index (χ3v) is 4.43. The zero-order chi connectivity index (χ0) is 17.4. The average molecular weight is 344 g/mol. The van der Waals surface area contributed by atoms with Gasteiger partial charge in [0.2, 0.25) is 0 Å². The lowest BCUT2D eigenvalue weighted by molar-refractivity contribution is -0.140. The molecule has 0 saturated carbocycles. The van der Waals surface area contributed by atoms with Gasteiger partial charge in [0.25, 0.3) is 5.91 Å². The SMILES string of the molecule is COC(=O)CCCN(C)C(=O)c1cccnc1Sc1ccccc1. The molecule has 126 valence electrons. The molecule has 0 aliphatic rings. The lowest BCUT2D eigenvalue weighted by Gasteiger charge is -2.18. The number of ether oxygens (including phenoxy) is 1. The highest BCUT2D eigenvalue weighted by Gasteiger charge is 2.17. The molecule has 0 radical (unpaired) electrons. The van der Waals surface area contributed by atoms with Crippen molar-refractivity contribution in [3.63, 3.8) is 0 Å². The number of benzene rings is 1. The van der Waals surface area contributed by atoms with Gasteiger partial charge in [0.15, 0.2) is 0 Å². The predicted octanol–water partition coefficient (Wildman–Crippen LogP) is 3.26. The Hall–Kier alpha value is -2.34. The van der Waals surface area contributed by atoms with Crippen LogP contribution in [0.2, 0.25) is 0 Å². The van der Waals surface area contributed by atoms with E-state index in [2.05, 4.69) is 9.72 Å². The molecule has 5 nitrogen and oxygen atoms in total. The monoisotopic (exact) mass is 344 g/mol. The van der Waals surface area contributed by atoms with Crippen LogP contribution in [-0.4, -0.2) is 42.5 Å². The maximum atomic E-state index is 12.7. The maximum Gasteiger partial charge on any atom is 0.305 e. The van der Waals surface area contributed by atoms with Gasteiger partial charge in [-0.05, 0) is 30.7 Å². The van der Waals surface area contributed by atoms with Gasteiger partial charge in [0.05, 0.1) is 12.7 Å². The Kier molecular flexibility index (Phi) is 6.81. The third-order valence-electron chi connectivity index (χ3n) is 3.41. The highest BCUT2D eigenvalue weighted by Crippen LogP contribution is 2.28. The summed E-state index contributed by atoms with van der Waals surface area (Å²) in [5.41, 5.74) is 0.562. The van der Waals surface area contributed by atoms with E-state index < -0.39 is 0 Å². The number of hydrogen-bond donors (Lipinski definition) is 0. The number of pyridine rings is 1. The first-order valence-corrected chi connectivity index (χ1v) is 8.43. The van der Waals surface area contributed by atoms with Crippen LogP contribution in [0.4, 0.5) is 0 Å². The van der Waals surface area contributed by atoms with Gasteiger partial charge in [0, 0.05) is 31.1 Å². The highest BCUT2D eigenvalue weighted by molar-refractivity contribution is 7.99. The van der Waals surface area contributed by atoms with Crippen molar-refractivity contribution in [3.8, 4) is 0 Å². The molecule has 0 N–H and O–H groups in total. The molecule has 0 aliphatic carbocycles. The molecule has 1 aromatic carbocycles. The van der Waals surface area contributed by atoms with Gasteiger partial charge in [-0.1, -0.05) is 30.0 Å². The number of rotatable bonds is 7. The van der Waals surface area contributed by atoms with Crippen LogP contribution in [0.1, 0.15) is 23.2 Å². The molecular weight excluding hydrogens is 324 g/mol. The van der Waals surface area contributed by atoms with Crippen molar-refractivity contribution in [2.45, 2.75) is 22.8 Å². The highest BCUT2D eigenvalue weighted by atomic mass is 32.2. The molecule has 0 fully saturated rings. The number of amides is 1. The van der Waals surface area contributed by atoms with E-state index in [4.69, 9.17) is 0 Å². The van der Waals surface area contributed by atoms with Crippen LogP contribution in [0.25, 0.3) is 0 Å². The molecule has 6 heteroatoms. The van der Waals surface area contributed by atoms with Gasteiger partial charge in [-0.25, -0.2) is 4.98 Å². The number of esters is 1. The van der Waals surface area contributed by atoms with Crippen LogP contribution in [0.3, 0.4) is 0 Å². The van der Waals surface area contributed by atoms with E-state index in [9.17, 15) is 9.59 Å². The van der Waals surface area contributed by atoms with Gasteiger partial charge in [-0.15, -0.1) is 0 Å². The van der Waals surface area contributed by atoms with Gasteiger partial charge in [-0.3, -0.25) is 9.59 Å². The summed E-state index contributed by atoms with van der Waals surface area (Å²) in [5, 5.41) is 0.675. The van der Waals surface area contributed by atoms with Crippen LogP contribution in [0, 0.1) is 0 Å². The van der Waals surface area contributed by atoms with E-state index in [1.165, 1.54) is 18.9 Å². The van der Waals surface area contributed by atoms with Gasteiger partial charge in [0.1, 0.15) is 5.03 Å². The summed E-state index contributed by atoms with van der Waals surface area (Å²) < 4.78 is 4.61. The summed E-state index contributed by atoms with van der Waals surface area (Å²) in [4.78, 5) is 30.8. The minimum atomic E-state index is -0.266. The number of carbonyl (C=O) groups is 2. The Morgan fingerprint density at radius 3 is 2.62 bits per heavy atom. The first-order chi connectivity index (χ1) is 11.6. The molecule has 0 bridgehead atoms. The standard InChI is InChI=1S/C18H20N2O3S/c1-20(13-7-11-16(21)23-2)18(22)15-10-6-12-19-17(15)24-14-8-4-3-5-9-14/h3-6,8-10,12H,7,11,13H2,1-2H3. The molecular formula is C18H20N2O3S. The molecule has 24 heavy (non-hydrogen) atoms. The first kappa shape index (κ1) is 18.0. The number of hydrogen-bond acceptors (Lipinski definition) is 5. The largest absolute Gasteiger partial charge is 0.469 e. The summed E-state index contributed by atoms with van der Waals surface area (Å²) >= 11 is 1.46. The van der Waals surface area contributed by atoms with Gasteiger partial charge in [-0.2, -0.15) is 0 Å². The summed E-state index contributed by atoms with van der Waals surface area (Å²) in [6, 6.07) is 13.3. The van der Waals surface area contributed by atoms with Crippen molar-refractivity contribution in [2.75, 3.05) is 20.7 Å². The van der Waals surface area contributed by atoms with Crippen LogP contribution in [0.15, 0.2) is 58.6 Å². The van der Waals surface area contributed by atoms with Crippen molar-refractivity contribution >= 4 is 23.6 Å². The fourth-order valence-electron chi connectivity index (χ4n) is 2.10. The summed E-state index contributed by atoms with van der Waals surface area (Å²) in [6.45, 7) is 0.484. The Morgan fingerprint density at radius 2 is 1.92 bits per heavy atom. The van der Waals surface area contributed by atoms with E-state index in [1.807, 2.05) is 30.3 Å². The van der Waals surface area contributed by atoms with Crippen molar-refractivity contribution in [2.24, 2.45) is 0 Å². The second kappa shape index (κ2) is 9.08. The number of nitrogens with zero attached hydrogens (tertiary/aromatic N) is 2. The molecule has 0 unspecified atom stereocenters. The van der Waals surface area contributed by atoms with Crippen molar-refractivity contribution in [1.82, 2.24) is 9.88 Å². The third kappa shape index (κ3) is 5.09. The smallest absolute Gasteiger partial charge is 0.305 e. The Bertz CT molecular complexity index is 692. The normalized spacial score (nSPS) is 10.2. The molecule has 1 aromatic heterocycles. The summed E-state index contributed by atoms with van der Waals surface area (Å²) in [7, 11) is 3.09. The number of methoxy groups -OCH3 is 1. The van der Waals surface area contributed by atoms with Crippen molar-refractivity contribution in [3.05, 3.63) is 54.2 Å². The fourth-order valence-corrected chi connectivity index (χ4v) is 3.00. The second-order valence-electron chi connectivity index (χ2n) is 5.18. The van der Waals surface area contributed by atoms with E-state index in [-0.39, 0.29) is 11.9 Å². The minimum absolute atomic E-state index is 0.105. The van der Waals surface area contributed by atoms with Crippen LogP contribution >= 0.6 is 11.8 Å². The van der Waals surface area contributed by atoms with Crippen LogP contribution < -0.4 is 0 Å². The zero-order valence-corrected chi connectivity index (χ0v) is 14.6. The molecule has 0 atom stereocenters. The zero-order valence-electron chi connectivity index (χ0n) is 13.8. The molecule has 0 aliphatic heterocycles. The van der Waals surface area contributed by atoms with Crippen molar-refractivity contribution in [1.29, 1.82) is 0 Å². The van der Waals surface area contributed by atoms with Gasteiger partial charge < -0.3 is 9.64 Å². The van der Waals surface area contributed by atoms with E-state index >= 15 is 0 Å². The van der Waals surface area contributed by atoms with E-state index in [0.717, 1.165) is 4.90 Å². The summed E-state index contributed by atoms with van der Waals surface area (Å²) in [5.74, 6) is -0.371. The fraction of sp³-hybridized carbons (Fsp3) is 0.278. The van der Waals surface area contributed by atoms with E-state index in [0.29, 0.717) is 30.0 Å². The van der Waals surface area contributed by atoms with Crippen LogP contribution in [0.5, 0.6) is 0 Å². The molecule has 0 spiro atoms. The lowest BCUT2D eigenvalue weighted by Crippen LogP contribution is -2.28. The first-order valence-electron chi connectivity index (χ1n) is 7.62. The maximum absolute atomic E-state index is 12.7.